The Balaban J connectivity index is 1.32. The summed E-state index contributed by atoms with van der Waals surface area (Å²) in [5, 5.41) is 0. The highest BCUT2D eigenvalue weighted by atomic mass is 16.5. The van der Waals surface area contributed by atoms with Gasteiger partial charge in [-0.3, -0.25) is 21.1 Å². The molecule has 0 saturated carbocycles. The number of nitrogens with one attached hydrogen (secondary N) is 4. The lowest BCUT2D eigenvalue weighted by Gasteiger charge is -2.37. The summed E-state index contributed by atoms with van der Waals surface area (Å²) >= 11 is 0. The lowest BCUT2D eigenvalue weighted by molar-refractivity contribution is -0.134. The quantitative estimate of drug-likeness (QED) is 0.579. The van der Waals surface area contributed by atoms with Gasteiger partial charge in [0.1, 0.15) is 11.8 Å². The summed E-state index contributed by atoms with van der Waals surface area (Å²) in [7, 11) is 1.72. The molecule has 7 nitrogen and oxygen atoms in total. The molecule has 4 N–H and O–H groups in total. The van der Waals surface area contributed by atoms with E-state index in [4.69, 9.17) is 4.74 Å². The van der Waals surface area contributed by atoms with Gasteiger partial charge < -0.3 is 9.64 Å². The van der Waals surface area contributed by atoms with Crippen molar-refractivity contribution in [3.05, 3.63) is 29.8 Å². The van der Waals surface area contributed by atoms with E-state index in [0.29, 0.717) is 23.9 Å². The van der Waals surface area contributed by atoms with Crippen molar-refractivity contribution in [3.8, 4) is 5.75 Å². The van der Waals surface area contributed by atoms with Crippen molar-refractivity contribution in [1.29, 1.82) is 0 Å². The van der Waals surface area contributed by atoms with Crippen LogP contribution >= 0.6 is 0 Å². The van der Waals surface area contributed by atoms with E-state index in [1.165, 1.54) is 5.56 Å². The zero-order valence-electron chi connectivity index (χ0n) is 17.6. The predicted molar refractivity (Wildman–Crippen MR) is 113 cm³/mol. The van der Waals surface area contributed by atoms with Crippen LogP contribution in [0, 0.1) is 5.92 Å². The third-order valence-electron chi connectivity index (χ3n) is 6.82. The first-order valence-corrected chi connectivity index (χ1v) is 11.1. The topological polar surface area (TPSA) is 77.7 Å². The Bertz CT molecular complexity index is 692. The Labute approximate surface area is 173 Å². The van der Waals surface area contributed by atoms with E-state index in [2.05, 4.69) is 51.7 Å². The van der Waals surface area contributed by atoms with Crippen molar-refractivity contribution in [2.45, 2.75) is 63.1 Å². The van der Waals surface area contributed by atoms with Crippen LogP contribution in [0.2, 0.25) is 0 Å². The molecule has 1 amide bonds. The van der Waals surface area contributed by atoms with E-state index >= 15 is 0 Å². The van der Waals surface area contributed by atoms with Gasteiger partial charge in [-0.15, -0.1) is 0 Å². The summed E-state index contributed by atoms with van der Waals surface area (Å²) in [6.45, 7) is 4.81. The van der Waals surface area contributed by atoms with Crippen molar-refractivity contribution in [1.82, 2.24) is 26.6 Å². The molecular formula is C22H35N5O2. The first kappa shape index (κ1) is 20.6. The first-order chi connectivity index (χ1) is 14.2. The van der Waals surface area contributed by atoms with E-state index in [1.807, 2.05) is 6.07 Å². The van der Waals surface area contributed by atoms with Crippen LogP contribution in [0.5, 0.6) is 5.75 Å². The molecule has 29 heavy (non-hydrogen) atoms. The first-order valence-electron chi connectivity index (χ1n) is 11.1. The summed E-state index contributed by atoms with van der Waals surface area (Å²) in [6.07, 6.45) is 5.25. The molecule has 7 heteroatoms. The van der Waals surface area contributed by atoms with Gasteiger partial charge in [-0.1, -0.05) is 25.5 Å². The standard InChI is InChI=1S/C22H35N5O2/c1-3-5-17-13-20(25-24-17)22(28)27-10-8-15(9-11-27)21-19(14-23-26-21)16-6-4-7-18(12-16)29-2/h4,6-7,12,15,17,19-21,23-26H,3,5,8-11,13-14H2,1-2H3. The highest BCUT2D eigenvalue weighted by Gasteiger charge is 2.38. The van der Waals surface area contributed by atoms with E-state index in [0.717, 1.165) is 57.5 Å². The Morgan fingerprint density at radius 3 is 2.79 bits per heavy atom. The Kier molecular flexibility index (Phi) is 6.70. The minimum absolute atomic E-state index is 0.0705. The summed E-state index contributed by atoms with van der Waals surface area (Å²) in [6, 6.07) is 9.15. The molecule has 0 spiro atoms. The lowest BCUT2D eigenvalue weighted by Crippen LogP contribution is -2.50. The molecule has 0 bridgehead atoms. The predicted octanol–water partition coefficient (Wildman–Crippen LogP) is 1.53. The van der Waals surface area contributed by atoms with Crippen molar-refractivity contribution in [2.24, 2.45) is 5.92 Å². The SMILES string of the molecule is CCCC1CC(C(=O)N2CCC(C3NNCC3c3cccc(OC)c3)CC2)NN1. The summed E-state index contributed by atoms with van der Waals surface area (Å²) < 4.78 is 5.41. The van der Waals surface area contributed by atoms with Gasteiger partial charge in [0.2, 0.25) is 5.91 Å². The molecule has 3 heterocycles. The number of ether oxygens (including phenoxy) is 1. The number of hydrazine groups is 2. The summed E-state index contributed by atoms with van der Waals surface area (Å²) in [4.78, 5) is 15.0. The fraction of sp³-hybridized carbons (Fsp3) is 0.682. The van der Waals surface area contributed by atoms with Crippen LogP contribution in [0.3, 0.4) is 0 Å². The van der Waals surface area contributed by atoms with E-state index in [1.54, 1.807) is 7.11 Å². The average Bonchev–Trinajstić information content (AvgIpc) is 3.44. The molecule has 3 saturated heterocycles. The smallest absolute Gasteiger partial charge is 0.241 e. The monoisotopic (exact) mass is 401 g/mol. The van der Waals surface area contributed by atoms with Crippen LogP contribution in [0.1, 0.15) is 50.5 Å². The molecule has 0 aliphatic carbocycles. The van der Waals surface area contributed by atoms with Crippen molar-refractivity contribution < 1.29 is 9.53 Å². The molecule has 3 fully saturated rings. The molecule has 1 aromatic carbocycles. The molecule has 3 aliphatic heterocycles. The number of hydrogen-bond acceptors (Lipinski definition) is 6. The van der Waals surface area contributed by atoms with Gasteiger partial charge in [0, 0.05) is 37.6 Å². The summed E-state index contributed by atoms with van der Waals surface area (Å²) in [5.74, 6) is 2.16. The number of likely N-dealkylation sites (tertiary alicyclic amines) is 1. The Morgan fingerprint density at radius 1 is 1.21 bits per heavy atom. The third kappa shape index (κ3) is 4.58. The van der Waals surface area contributed by atoms with Gasteiger partial charge in [0.15, 0.2) is 0 Å². The average molecular weight is 402 g/mol. The van der Waals surface area contributed by atoms with Crippen LogP contribution in [-0.4, -0.2) is 55.7 Å². The van der Waals surface area contributed by atoms with Crippen molar-refractivity contribution in [3.63, 3.8) is 0 Å². The van der Waals surface area contributed by atoms with Crippen LogP contribution in [-0.2, 0) is 4.79 Å². The van der Waals surface area contributed by atoms with Crippen molar-refractivity contribution >= 4 is 5.91 Å². The normalized spacial score (nSPS) is 30.6. The molecule has 1 aromatic rings. The number of nitrogens with zero attached hydrogens (tertiary/aromatic N) is 1. The number of hydrogen-bond donors (Lipinski definition) is 4. The summed E-state index contributed by atoms with van der Waals surface area (Å²) in [5.41, 5.74) is 14.7. The molecular weight excluding hydrogens is 366 g/mol. The zero-order valence-corrected chi connectivity index (χ0v) is 17.6. The molecule has 4 rings (SSSR count). The molecule has 3 aliphatic rings. The van der Waals surface area contributed by atoms with E-state index in [-0.39, 0.29) is 11.9 Å². The molecule has 4 unspecified atom stereocenters. The maximum Gasteiger partial charge on any atom is 0.241 e. The van der Waals surface area contributed by atoms with Crippen LogP contribution < -0.4 is 26.4 Å². The van der Waals surface area contributed by atoms with Gasteiger partial charge in [-0.05, 0) is 49.3 Å². The zero-order chi connectivity index (χ0) is 20.2. The molecule has 0 aromatic heterocycles. The van der Waals surface area contributed by atoms with Crippen LogP contribution in [0.15, 0.2) is 24.3 Å². The fourth-order valence-electron chi connectivity index (χ4n) is 5.18. The fourth-order valence-corrected chi connectivity index (χ4v) is 5.18. The number of rotatable bonds is 6. The maximum absolute atomic E-state index is 12.9. The van der Waals surface area contributed by atoms with Crippen LogP contribution in [0.25, 0.3) is 0 Å². The number of carbonyl (C=O) groups excluding carboxylic acids is 1. The van der Waals surface area contributed by atoms with E-state index < -0.39 is 0 Å². The second kappa shape index (κ2) is 9.43. The maximum atomic E-state index is 12.9. The largest absolute Gasteiger partial charge is 0.497 e. The number of piperidine rings is 1. The van der Waals surface area contributed by atoms with Gasteiger partial charge in [-0.2, -0.15) is 0 Å². The third-order valence-corrected chi connectivity index (χ3v) is 6.82. The molecule has 160 valence electrons. The highest BCUT2D eigenvalue weighted by Crippen LogP contribution is 2.33. The second-order valence-corrected chi connectivity index (χ2v) is 8.66. The Morgan fingerprint density at radius 2 is 2.03 bits per heavy atom. The van der Waals surface area contributed by atoms with Crippen molar-refractivity contribution in [2.75, 3.05) is 26.7 Å². The number of carbonyl (C=O) groups is 1. The van der Waals surface area contributed by atoms with Crippen LogP contribution in [0.4, 0.5) is 0 Å². The highest BCUT2D eigenvalue weighted by molar-refractivity contribution is 5.82. The Hall–Kier alpha value is -1.67. The van der Waals surface area contributed by atoms with Gasteiger partial charge in [0.05, 0.1) is 7.11 Å². The molecule has 0 radical (unpaired) electrons. The number of benzene rings is 1. The van der Waals surface area contributed by atoms with E-state index in [9.17, 15) is 4.79 Å². The molecule has 4 atom stereocenters. The minimum atomic E-state index is -0.0705. The van der Waals surface area contributed by atoms with Gasteiger partial charge in [-0.25, -0.2) is 5.43 Å². The number of methoxy groups -OCH3 is 1. The van der Waals surface area contributed by atoms with Gasteiger partial charge in [0.25, 0.3) is 0 Å². The second-order valence-electron chi connectivity index (χ2n) is 8.66. The lowest BCUT2D eigenvalue weighted by atomic mass is 9.80. The van der Waals surface area contributed by atoms with Gasteiger partial charge >= 0.3 is 0 Å². The minimum Gasteiger partial charge on any atom is -0.497 e. The number of amides is 1.